The van der Waals surface area contributed by atoms with E-state index in [2.05, 4.69) is 62.3 Å². The summed E-state index contributed by atoms with van der Waals surface area (Å²) < 4.78 is 24.5. The van der Waals surface area contributed by atoms with Crippen LogP contribution in [0.3, 0.4) is 0 Å². The summed E-state index contributed by atoms with van der Waals surface area (Å²) in [5.41, 5.74) is 0. The quantitative estimate of drug-likeness (QED) is 0.112. The summed E-state index contributed by atoms with van der Waals surface area (Å²) in [6, 6.07) is 6.67. The Balaban J connectivity index is 2.80. The van der Waals surface area contributed by atoms with E-state index in [1.165, 1.54) is 24.6 Å². The lowest BCUT2D eigenvalue weighted by Crippen LogP contribution is -2.49. The molecule has 1 aromatic carbocycles. The number of phenols is 1. The number of aromatic hydroxyl groups is 1. The summed E-state index contributed by atoms with van der Waals surface area (Å²) in [5, 5.41) is 11.9. The lowest BCUT2D eigenvalue weighted by Gasteiger charge is -2.54. The topological polar surface area (TPSA) is 57.2 Å². The summed E-state index contributed by atoms with van der Waals surface area (Å²) in [6.45, 7) is 30.0. The maximum atomic E-state index is 10.6. The molecule has 5 nitrogen and oxygen atoms in total. The number of phenolic OH excluding ortho intramolecular Hbond substituents is 1. The smallest absolute Gasteiger partial charge is 0.500 e. The fourth-order valence-corrected chi connectivity index (χ4v) is 19.0. The summed E-state index contributed by atoms with van der Waals surface area (Å²) >= 11 is 0. The van der Waals surface area contributed by atoms with Gasteiger partial charge in [0.2, 0.25) is 0 Å². The van der Waals surface area contributed by atoms with Gasteiger partial charge >= 0.3 is 8.80 Å². The molecule has 228 valence electrons. The van der Waals surface area contributed by atoms with Gasteiger partial charge in [-0.2, -0.15) is 0 Å². The van der Waals surface area contributed by atoms with Gasteiger partial charge in [-0.1, -0.05) is 25.7 Å². The normalized spacial score (nSPS) is 13.6. The van der Waals surface area contributed by atoms with Crippen LogP contribution in [0, 0.1) is 0 Å². The second-order valence-corrected chi connectivity index (χ2v) is 22.1. The molecule has 0 atom stereocenters. The van der Waals surface area contributed by atoms with E-state index in [0.29, 0.717) is 32.2 Å². The molecule has 0 aromatic heterocycles. The van der Waals surface area contributed by atoms with Crippen LogP contribution in [0.2, 0.25) is 6.04 Å². The lowest BCUT2D eigenvalue weighted by atomic mass is 10.1. The highest BCUT2D eigenvalue weighted by Crippen LogP contribution is 2.83. The minimum absolute atomic E-state index is 0.0440. The van der Waals surface area contributed by atoms with Crippen molar-refractivity contribution >= 4 is 21.4 Å². The van der Waals surface area contributed by atoms with E-state index < -0.39 is 16.1 Å². The Hall–Kier alpha value is -0.653. The van der Waals surface area contributed by atoms with Gasteiger partial charge in [0, 0.05) is 31.9 Å². The molecule has 0 aliphatic carbocycles. The first-order chi connectivity index (χ1) is 18.0. The molecule has 1 N–H and O–H groups in total. The highest BCUT2D eigenvalue weighted by molar-refractivity contribution is 7.87. The molecule has 0 spiro atoms. The molecule has 0 amide bonds. The van der Waals surface area contributed by atoms with Gasteiger partial charge in [-0.25, -0.2) is 0 Å². The Kier molecular flexibility index (Phi) is 14.5. The molecule has 0 radical (unpaired) electrons. The van der Waals surface area contributed by atoms with Crippen molar-refractivity contribution in [1.29, 1.82) is 0 Å². The Morgan fingerprint density at radius 2 is 1.10 bits per heavy atom. The zero-order chi connectivity index (χ0) is 30.0. The fourth-order valence-electron chi connectivity index (χ4n) is 7.33. The molecule has 7 heteroatoms. The van der Waals surface area contributed by atoms with E-state index in [0.717, 1.165) is 31.1 Å². The third kappa shape index (κ3) is 9.43. The summed E-state index contributed by atoms with van der Waals surface area (Å²) in [5.74, 6) is 1.27. The Morgan fingerprint density at radius 3 is 1.54 bits per heavy atom. The van der Waals surface area contributed by atoms with Crippen LogP contribution >= 0.6 is 7.26 Å². The molecule has 39 heavy (non-hydrogen) atoms. The summed E-state index contributed by atoms with van der Waals surface area (Å²) in [4.78, 5) is 0. The van der Waals surface area contributed by atoms with Crippen LogP contribution in [-0.4, -0.2) is 55.8 Å². The number of ether oxygens (including phenoxy) is 1. The predicted molar refractivity (Wildman–Crippen MR) is 173 cm³/mol. The largest absolute Gasteiger partial charge is 0.508 e. The first-order valence-corrected chi connectivity index (χ1v) is 19.0. The monoisotopic (exact) mass is 585 g/mol. The Morgan fingerprint density at radius 1 is 0.667 bits per heavy atom. The van der Waals surface area contributed by atoms with E-state index in [4.69, 9.17) is 18.0 Å². The number of unbranched alkanes of at least 4 members (excludes halogenated alkanes) is 5. The molecular weight excluding hydrogens is 523 g/mol. The summed E-state index contributed by atoms with van der Waals surface area (Å²) in [7, 11) is -4.40. The lowest BCUT2D eigenvalue weighted by molar-refractivity contribution is 0.0706. The molecule has 1 aromatic rings. The van der Waals surface area contributed by atoms with Gasteiger partial charge in [0.15, 0.2) is 5.75 Å². The van der Waals surface area contributed by atoms with Gasteiger partial charge in [-0.05, 0) is 108 Å². The zero-order valence-electron chi connectivity index (χ0n) is 27.5. The number of benzene rings is 1. The predicted octanol–water partition coefficient (Wildman–Crippen LogP) is 9.20. The van der Waals surface area contributed by atoms with Gasteiger partial charge in [-0.3, -0.25) is 0 Å². The second-order valence-electron chi connectivity index (χ2n) is 13.5. The third-order valence-electron chi connectivity index (χ3n) is 7.55. The fraction of sp³-hybridized carbons (Fsp3) is 0.812. The van der Waals surface area contributed by atoms with E-state index in [-0.39, 0.29) is 15.5 Å². The molecular formula is C32H62O5PSi+. The molecule has 0 bridgehead atoms. The third-order valence-corrected chi connectivity index (χ3v) is 17.8. The molecule has 0 saturated heterocycles. The van der Waals surface area contributed by atoms with Crippen LogP contribution in [0.4, 0.5) is 0 Å². The average Bonchev–Trinajstić information content (AvgIpc) is 2.77. The van der Waals surface area contributed by atoms with Gasteiger partial charge in [0.1, 0.15) is 11.1 Å². The van der Waals surface area contributed by atoms with Crippen molar-refractivity contribution in [1.82, 2.24) is 0 Å². The van der Waals surface area contributed by atoms with Crippen LogP contribution in [0.5, 0.6) is 11.5 Å². The van der Waals surface area contributed by atoms with Gasteiger partial charge in [0.05, 0.1) is 29.3 Å². The first kappa shape index (κ1) is 36.4. The minimum Gasteiger partial charge on any atom is -0.508 e. The van der Waals surface area contributed by atoms with Crippen molar-refractivity contribution < 1.29 is 23.1 Å². The van der Waals surface area contributed by atoms with Gasteiger partial charge in [-0.15, -0.1) is 0 Å². The SMILES string of the molecule is CCO[Si](CCCCCCCCOc1ccc(O)cc1[P+](C(C)(C)C)(C(C)(C)C)C(C)(C)C)(OCC)OCC. The van der Waals surface area contributed by atoms with Crippen LogP contribution < -0.4 is 10.0 Å². The van der Waals surface area contributed by atoms with Gasteiger partial charge in [0.25, 0.3) is 0 Å². The van der Waals surface area contributed by atoms with Crippen molar-refractivity contribution in [2.45, 2.75) is 143 Å². The summed E-state index contributed by atoms with van der Waals surface area (Å²) in [6.07, 6.45) is 6.82. The molecule has 0 aliphatic rings. The van der Waals surface area contributed by atoms with Gasteiger partial charge < -0.3 is 23.1 Å². The molecule has 1 rings (SSSR count). The molecule has 0 saturated carbocycles. The number of rotatable bonds is 17. The second kappa shape index (κ2) is 15.5. The van der Waals surface area contributed by atoms with E-state index in [9.17, 15) is 5.11 Å². The molecule has 0 heterocycles. The molecule has 0 fully saturated rings. The number of hydrogen-bond acceptors (Lipinski definition) is 5. The van der Waals surface area contributed by atoms with E-state index >= 15 is 0 Å². The van der Waals surface area contributed by atoms with Crippen molar-refractivity contribution in [3.8, 4) is 11.5 Å². The van der Waals surface area contributed by atoms with Crippen molar-refractivity contribution in [3.63, 3.8) is 0 Å². The Bertz CT molecular complexity index is 785. The Labute approximate surface area is 243 Å². The maximum absolute atomic E-state index is 10.6. The van der Waals surface area contributed by atoms with Crippen LogP contribution in [0.15, 0.2) is 18.2 Å². The van der Waals surface area contributed by atoms with Crippen LogP contribution in [0.1, 0.15) is 122 Å². The maximum Gasteiger partial charge on any atom is 0.500 e. The van der Waals surface area contributed by atoms with Crippen molar-refractivity contribution in [2.24, 2.45) is 0 Å². The van der Waals surface area contributed by atoms with E-state index in [1.807, 2.05) is 32.9 Å². The van der Waals surface area contributed by atoms with E-state index in [1.54, 1.807) is 6.07 Å². The highest BCUT2D eigenvalue weighted by Gasteiger charge is 2.67. The number of hydrogen-bond donors (Lipinski definition) is 1. The molecule has 0 aliphatic heterocycles. The highest BCUT2D eigenvalue weighted by atomic mass is 31.2. The van der Waals surface area contributed by atoms with Crippen LogP contribution in [-0.2, 0) is 13.3 Å². The standard InChI is InChI=1S/C32H61O5PSi/c1-13-35-39(36-14-2,37-15-3)25-21-19-17-16-18-20-24-34-28-23-22-27(33)26-29(28)38(30(4,5)6,31(7,8)9)32(10,11)12/h22-23,26H,13-21,24-25H2,1-12H3/p+1. The van der Waals surface area contributed by atoms with Crippen molar-refractivity contribution in [2.75, 3.05) is 26.4 Å². The average molecular weight is 586 g/mol. The van der Waals surface area contributed by atoms with Crippen LogP contribution in [0.25, 0.3) is 0 Å². The zero-order valence-corrected chi connectivity index (χ0v) is 29.4. The minimum atomic E-state index is -2.52. The van der Waals surface area contributed by atoms with Crippen molar-refractivity contribution in [3.05, 3.63) is 18.2 Å². The first-order valence-electron chi connectivity index (χ1n) is 15.3. The molecule has 0 unspecified atom stereocenters.